The minimum atomic E-state index is -0.548. The maximum Gasteiger partial charge on any atom is 0.120 e. The molecule has 1 unspecified atom stereocenters. The van der Waals surface area contributed by atoms with E-state index in [1.54, 1.807) is 24.3 Å². The van der Waals surface area contributed by atoms with E-state index < -0.39 is 6.10 Å². The van der Waals surface area contributed by atoms with Gasteiger partial charge in [-0.25, -0.2) is 0 Å². The van der Waals surface area contributed by atoms with Crippen molar-refractivity contribution in [3.63, 3.8) is 0 Å². The lowest BCUT2D eigenvalue weighted by Gasteiger charge is -2.13. The summed E-state index contributed by atoms with van der Waals surface area (Å²) >= 11 is 0. The fourth-order valence-electron chi connectivity index (χ4n) is 2.39. The van der Waals surface area contributed by atoms with Gasteiger partial charge in [0.1, 0.15) is 18.5 Å². The van der Waals surface area contributed by atoms with E-state index in [9.17, 15) is 5.11 Å². The first kappa shape index (κ1) is 15.6. The zero-order chi connectivity index (χ0) is 14.9. The Labute approximate surface area is 126 Å². The molecule has 0 fully saturated rings. The summed E-state index contributed by atoms with van der Waals surface area (Å²) < 4.78 is 5.49. The van der Waals surface area contributed by atoms with Gasteiger partial charge in [0.15, 0.2) is 0 Å². The second-order valence-corrected chi connectivity index (χ2v) is 5.31. The molecule has 4 nitrogen and oxygen atoms in total. The van der Waals surface area contributed by atoms with E-state index in [1.165, 1.54) is 24.8 Å². The topological polar surface area (TPSA) is 65.3 Å². The number of hydrogen-bond acceptors (Lipinski definition) is 4. The van der Waals surface area contributed by atoms with Crippen molar-refractivity contribution in [1.29, 1.82) is 5.26 Å². The number of ether oxygens (including phenoxy) is 1. The van der Waals surface area contributed by atoms with Crippen molar-refractivity contribution >= 4 is 0 Å². The molecule has 1 atom stereocenters. The van der Waals surface area contributed by atoms with Crippen molar-refractivity contribution in [2.45, 2.75) is 31.8 Å². The van der Waals surface area contributed by atoms with Gasteiger partial charge in [-0.3, -0.25) is 0 Å². The van der Waals surface area contributed by atoms with Gasteiger partial charge in [-0.05, 0) is 50.4 Å². The SMILES string of the molecule is N#Cc1cccc(OCC(O)CNCCC2=CCCC2)c1. The molecule has 0 amide bonds. The van der Waals surface area contributed by atoms with Crippen LogP contribution in [-0.4, -0.2) is 30.9 Å². The van der Waals surface area contributed by atoms with Crippen LogP contribution in [0.25, 0.3) is 0 Å². The maximum atomic E-state index is 9.86. The number of hydrogen-bond donors (Lipinski definition) is 2. The van der Waals surface area contributed by atoms with Crippen molar-refractivity contribution in [2.75, 3.05) is 19.7 Å². The van der Waals surface area contributed by atoms with Gasteiger partial charge in [-0.1, -0.05) is 17.7 Å². The second-order valence-electron chi connectivity index (χ2n) is 5.31. The van der Waals surface area contributed by atoms with Gasteiger partial charge in [0.25, 0.3) is 0 Å². The Balaban J connectivity index is 1.60. The average molecular weight is 286 g/mol. The molecular weight excluding hydrogens is 264 g/mol. The summed E-state index contributed by atoms with van der Waals surface area (Å²) in [6, 6.07) is 9.02. The fourth-order valence-corrected chi connectivity index (χ4v) is 2.39. The van der Waals surface area contributed by atoms with Gasteiger partial charge in [0, 0.05) is 6.54 Å². The maximum absolute atomic E-state index is 9.86. The quantitative estimate of drug-likeness (QED) is 0.569. The number of allylic oxidation sites excluding steroid dienone is 1. The summed E-state index contributed by atoms with van der Waals surface area (Å²) in [6.07, 6.45) is 6.57. The molecule has 1 aromatic carbocycles. The smallest absolute Gasteiger partial charge is 0.120 e. The Bertz CT molecular complexity index is 520. The van der Waals surface area contributed by atoms with Gasteiger partial charge in [-0.2, -0.15) is 5.26 Å². The van der Waals surface area contributed by atoms with Crippen LogP contribution in [0.4, 0.5) is 0 Å². The normalized spacial score (nSPS) is 15.3. The lowest BCUT2D eigenvalue weighted by molar-refractivity contribution is 0.106. The number of nitrogens with one attached hydrogen (secondary N) is 1. The minimum absolute atomic E-state index is 0.227. The number of rotatable bonds is 8. The van der Waals surface area contributed by atoms with Crippen LogP contribution in [0.5, 0.6) is 5.75 Å². The molecule has 0 heterocycles. The molecular formula is C17H22N2O2. The van der Waals surface area contributed by atoms with Crippen molar-refractivity contribution in [3.05, 3.63) is 41.5 Å². The molecule has 0 radical (unpaired) electrons. The van der Waals surface area contributed by atoms with Gasteiger partial charge in [0.05, 0.1) is 11.6 Å². The highest BCUT2D eigenvalue weighted by Crippen LogP contribution is 2.19. The largest absolute Gasteiger partial charge is 0.491 e. The number of aliphatic hydroxyl groups excluding tert-OH is 1. The molecule has 1 aromatic rings. The Kier molecular flexibility index (Phi) is 6.26. The molecule has 0 saturated carbocycles. The highest BCUT2D eigenvalue weighted by molar-refractivity contribution is 5.36. The van der Waals surface area contributed by atoms with Crippen LogP contribution in [0.15, 0.2) is 35.9 Å². The van der Waals surface area contributed by atoms with Crippen molar-refractivity contribution in [1.82, 2.24) is 5.32 Å². The van der Waals surface area contributed by atoms with E-state index in [4.69, 9.17) is 10.00 Å². The molecule has 4 heteroatoms. The Morgan fingerprint density at radius 1 is 1.43 bits per heavy atom. The first-order valence-corrected chi connectivity index (χ1v) is 7.47. The molecule has 1 aliphatic rings. The van der Waals surface area contributed by atoms with E-state index in [1.807, 2.05) is 0 Å². The summed E-state index contributed by atoms with van der Waals surface area (Å²) in [5.41, 5.74) is 2.09. The monoisotopic (exact) mass is 286 g/mol. The first-order valence-electron chi connectivity index (χ1n) is 7.47. The minimum Gasteiger partial charge on any atom is -0.491 e. The molecule has 1 aliphatic carbocycles. The number of nitrogens with zero attached hydrogens (tertiary/aromatic N) is 1. The van der Waals surface area contributed by atoms with Crippen LogP contribution < -0.4 is 10.1 Å². The summed E-state index contributed by atoms with van der Waals surface area (Å²) in [7, 11) is 0. The van der Waals surface area contributed by atoms with Crippen LogP contribution in [-0.2, 0) is 0 Å². The molecule has 0 aliphatic heterocycles. The molecule has 112 valence electrons. The third kappa shape index (κ3) is 5.58. The van der Waals surface area contributed by atoms with E-state index in [0.29, 0.717) is 17.9 Å². The lowest BCUT2D eigenvalue weighted by atomic mass is 10.2. The summed E-state index contributed by atoms with van der Waals surface area (Å²) in [4.78, 5) is 0. The van der Waals surface area contributed by atoms with Gasteiger partial charge in [0.2, 0.25) is 0 Å². The van der Waals surface area contributed by atoms with E-state index in [0.717, 1.165) is 13.0 Å². The lowest BCUT2D eigenvalue weighted by Crippen LogP contribution is -2.32. The highest BCUT2D eigenvalue weighted by Gasteiger charge is 2.07. The standard InChI is InChI=1S/C17H22N2O2/c18-11-15-6-3-7-17(10-15)21-13-16(20)12-19-9-8-14-4-1-2-5-14/h3-4,6-7,10,16,19-20H,1-2,5,8-9,12-13H2. The highest BCUT2D eigenvalue weighted by atomic mass is 16.5. The zero-order valence-electron chi connectivity index (χ0n) is 12.2. The molecule has 2 N–H and O–H groups in total. The van der Waals surface area contributed by atoms with Crippen LogP contribution >= 0.6 is 0 Å². The van der Waals surface area contributed by atoms with Gasteiger partial charge < -0.3 is 15.2 Å². The molecule has 21 heavy (non-hydrogen) atoms. The first-order chi connectivity index (χ1) is 10.3. The van der Waals surface area contributed by atoms with Crippen molar-refractivity contribution in [3.8, 4) is 11.8 Å². The van der Waals surface area contributed by atoms with Crippen LogP contribution in [0.1, 0.15) is 31.2 Å². The predicted octanol–water partition coefficient (Wildman–Crippen LogP) is 2.39. The van der Waals surface area contributed by atoms with Gasteiger partial charge in [-0.15, -0.1) is 0 Å². The van der Waals surface area contributed by atoms with Crippen molar-refractivity contribution < 1.29 is 9.84 Å². The Morgan fingerprint density at radius 2 is 2.33 bits per heavy atom. The zero-order valence-corrected chi connectivity index (χ0v) is 12.2. The predicted molar refractivity (Wildman–Crippen MR) is 82.1 cm³/mol. The molecule has 0 aromatic heterocycles. The fraction of sp³-hybridized carbons (Fsp3) is 0.471. The van der Waals surface area contributed by atoms with E-state index >= 15 is 0 Å². The third-order valence-corrected chi connectivity index (χ3v) is 3.54. The Morgan fingerprint density at radius 3 is 3.10 bits per heavy atom. The van der Waals surface area contributed by atoms with Crippen LogP contribution in [0.2, 0.25) is 0 Å². The molecule has 0 spiro atoms. The third-order valence-electron chi connectivity index (χ3n) is 3.54. The van der Waals surface area contributed by atoms with E-state index in [-0.39, 0.29) is 6.61 Å². The molecule has 0 bridgehead atoms. The number of benzene rings is 1. The average Bonchev–Trinajstić information content (AvgIpc) is 3.03. The second kappa shape index (κ2) is 8.46. The number of nitriles is 1. The summed E-state index contributed by atoms with van der Waals surface area (Å²) in [5, 5.41) is 21.9. The number of aliphatic hydroxyl groups is 1. The molecule has 2 rings (SSSR count). The Hall–Kier alpha value is -1.83. The van der Waals surface area contributed by atoms with Crippen molar-refractivity contribution in [2.24, 2.45) is 0 Å². The van der Waals surface area contributed by atoms with Gasteiger partial charge >= 0.3 is 0 Å². The summed E-state index contributed by atoms with van der Waals surface area (Å²) in [5.74, 6) is 0.615. The van der Waals surface area contributed by atoms with Crippen LogP contribution in [0, 0.1) is 11.3 Å². The van der Waals surface area contributed by atoms with Crippen LogP contribution in [0.3, 0.4) is 0 Å². The van der Waals surface area contributed by atoms with E-state index in [2.05, 4.69) is 17.5 Å². The summed E-state index contributed by atoms with van der Waals surface area (Å²) in [6.45, 7) is 1.64. The molecule has 0 saturated heterocycles.